The van der Waals surface area contributed by atoms with Crippen LogP contribution in [0.2, 0.25) is 0 Å². The largest absolute Gasteiger partial charge is 0.300 e. The minimum absolute atomic E-state index is 0.743. The van der Waals surface area contributed by atoms with Gasteiger partial charge in [0, 0.05) is 57.4 Å². The highest BCUT2D eigenvalue weighted by molar-refractivity contribution is 5.01. The average Bonchev–Trinajstić information content (AvgIpc) is 3.14. The maximum Gasteiger partial charge on any atom is 0.0102 e. The minimum Gasteiger partial charge on any atom is -0.300 e. The normalized spacial score (nSPS) is 43.6. The maximum absolute atomic E-state index is 2.89. The number of likely N-dealkylation sites (tertiary alicyclic amines) is 3. The molecule has 3 heterocycles. The van der Waals surface area contributed by atoms with Crippen molar-refractivity contribution in [2.45, 2.75) is 58.7 Å². The van der Waals surface area contributed by atoms with E-state index in [2.05, 4.69) is 42.4 Å². The van der Waals surface area contributed by atoms with Crippen LogP contribution in [0, 0.1) is 23.7 Å². The Labute approximate surface area is 137 Å². The number of rotatable bonds is 3. The van der Waals surface area contributed by atoms with Crippen LogP contribution in [0.3, 0.4) is 0 Å². The van der Waals surface area contributed by atoms with Crippen molar-refractivity contribution in [3.05, 3.63) is 0 Å². The number of hydrogen-bond acceptors (Lipinski definition) is 3. The predicted octanol–water partition coefficient (Wildman–Crippen LogP) is 2.38. The van der Waals surface area contributed by atoms with Gasteiger partial charge >= 0.3 is 0 Å². The molecule has 3 heteroatoms. The Bertz CT molecular complexity index is 341. The van der Waals surface area contributed by atoms with Crippen LogP contribution in [-0.4, -0.2) is 72.1 Å². The first-order valence-corrected chi connectivity index (χ1v) is 9.73. The molecule has 22 heavy (non-hydrogen) atoms. The molecule has 0 radical (unpaired) electrons. The lowest BCUT2D eigenvalue weighted by Crippen LogP contribution is -2.38. The SMILES string of the molecule is CC(C)N1CC2CC(N3CC4CN(C(C)C)CC4C3)CC2C1. The quantitative estimate of drug-likeness (QED) is 0.793. The monoisotopic (exact) mass is 305 g/mol. The third-order valence-electron chi connectivity index (χ3n) is 7.27. The van der Waals surface area contributed by atoms with Gasteiger partial charge in [-0.25, -0.2) is 0 Å². The molecule has 3 nitrogen and oxygen atoms in total. The molecule has 0 aromatic carbocycles. The Morgan fingerprint density at radius 3 is 1.41 bits per heavy atom. The highest BCUT2D eigenvalue weighted by Gasteiger charge is 2.47. The van der Waals surface area contributed by atoms with Gasteiger partial charge in [-0.05, 0) is 64.2 Å². The van der Waals surface area contributed by atoms with Crippen molar-refractivity contribution in [3.63, 3.8) is 0 Å². The van der Waals surface area contributed by atoms with Gasteiger partial charge in [0.15, 0.2) is 0 Å². The van der Waals surface area contributed by atoms with E-state index in [0.29, 0.717) is 0 Å². The molecule has 0 bridgehead atoms. The molecule has 1 aliphatic carbocycles. The van der Waals surface area contributed by atoms with Crippen LogP contribution in [0.4, 0.5) is 0 Å². The van der Waals surface area contributed by atoms with Gasteiger partial charge in [0.25, 0.3) is 0 Å². The number of nitrogens with zero attached hydrogens (tertiary/aromatic N) is 3. The Kier molecular flexibility index (Phi) is 4.03. The summed E-state index contributed by atoms with van der Waals surface area (Å²) in [5.74, 6) is 3.94. The van der Waals surface area contributed by atoms with Gasteiger partial charge in [0.1, 0.15) is 0 Å². The van der Waals surface area contributed by atoms with Gasteiger partial charge in [0.2, 0.25) is 0 Å². The van der Waals surface area contributed by atoms with E-state index in [1.54, 1.807) is 0 Å². The second kappa shape index (κ2) is 5.75. The van der Waals surface area contributed by atoms with Crippen molar-refractivity contribution in [2.24, 2.45) is 23.7 Å². The molecule has 4 atom stereocenters. The molecule has 4 rings (SSSR count). The van der Waals surface area contributed by atoms with E-state index in [-0.39, 0.29) is 0 Å². The fraction of sp³-hybridized carbons (Fsp3) is 1.00. The molecular formula is C19H35N3. The molecule has 4 unspecified atom stereocenters. The topological polar surface area (TPSA) is 9.72 Å². The van der Waals surface area contributed by atoms with Gasteiger partial charge in [-0.2, -0.15) is 0 Å². The van der Waals surface area contributed by atoms with E-state index in [0.717, 1.165) is 41.8 Å². The molecule has 0 amide bonds. The predicted molar refractivity (Wildman–Crippen MR) is 92.0 cm³/mol. The first-order chi connectivity index (χ1) is 10.5. The van der Waals surface area contributed by atoms with Crippen LogP contribution in [0.15, 0.2) is 0 Å². The minimum atomic E-state index is 0.743. The van der Waals surface area contributed by atoms with Crippen LogP contribution in [0.1, 0.15) is 40.5 Å². The van der Waals surface area contributed by atoms with E-state index in [9.17, 15) is 0 Å². The average molecular weight is 306 g/mol. The van der Waals surface area contributed by atoms with E-state index in [1.807, 2.05) is 0 Å². The number of hydrogen-bond donors (Lipinski definition) is 0. The van der Waals surface area contributed by atoms with Crippen molar-refractivity contribution in [3.8, 4) is 0 Å². The summed E-state index contributed by atoms with van der Waals surface area (Å²) in [5, 5.41) is 0. The second-order valence-electron chi connectivity index (χ2n) is 9.21. The Balaban J connectivity index is 1.30. The third-order valence-corrected chi connectivity index (χ3v) is 7.27. The van der Waals surface area contributed by atoms with Crippen LogP contribution in [0.5, 0.6) is 0 Å². The van der Waals surface area contributed by atoms with Crippen LogP contribution in [0.25, 0.3) is 0 Å². The van der Waals surface area contributed by atoms with Crippen LogP contribution < -0.4 is 0 Å². The summed E-state index contributed by atoms with van der Waals surface area (Å²) in [6, 6.07) is 2.41. The number of fused-ring (bicyclic) bond motifs is 2. The molecular weight excluding hydrogens is 270 g/mol. The summed E-state index contributed by atoms with van der Waals surface area (Å²) in [6.07, 6.45) is 2.97. The molecule has 0 spiro atoms. The zero-order valence-electron chi connectivity index (χ0n) is 15.0. The zero-order chi connectivity index (χ0) is 15.4. The van der Waals surface area contributed by atoms with E-state index < -0.39 is 0 Å². The lowest BCUT2D eigenvalue weighted by atomic mass is 10.0. The molecule has 0 aromatic rings. The van der Waals surface area contributed by atoms with Gasteiger partial charge in [-0.3, -0.25) is 4.90 Å². The van der Waals surface area contributed by atoms with Gasteiger partial charge in [0.05, 0.1) is 0 Å². The zero-order valence-corrected chi connectivity index (χ0v) is 15.0. The summed E-state index contributed by atoms with van der Waals surface area (Å²) in [5.41, 5.74) is 0. The van der Waals surface area contributed by atoms with Crippen molar-refractivity contribution < 1.29 is 0 Å². The highest BCUT2D eigenvalue weighted by atomic mass is 15.3. The molecule has 1 saturated carbocycles. The standard InChI is InChI=1S/C19H35N3/c1-13(2)20-7-15-5-19(6-16(15)8-20)22-11-17-9-21(14(3)4)10-18(17)12-22/h13-19H,5-12H2,1-4H3. The summed E-state index contributed by atoms with van der Waals surface area (Å²) in [7, 11) is 0. The lowest BCUT2D eigenvalue weighted by molar-refractivity contribution is 0.174. The first kappa shape index (κ1) is 15.4. The van der Waals surface area contributed by atoms with Crippen LogP contribution >= 0.6 is 0 Å². The lowest BCUT2D eigenvalue weighted by Gasteiger charge is -2.29. The molecule has 3 aliphatic heterocycles. The Morgan fingerprint density at radius 1 is 0.591 bits per heavy atom. The summed E-state index contributed by atoms with van der Waals surface area (Å²) in [4.78, 5) is 8.31. The van der Waals surface area contributed by atoms with Gasteiger partial charge in [-0.15, -0.1) is 0 Å². The van der Waals surface area contributed by atoms with Crippen LogP contribution in [-0.2, 0) is 0 Å². The maximum atomic E-state index is 2.89. The summed E-state index contributed by atoms with van der Waals surface area (Å²) >= 11 is 0. The van der Waals surface area contributed by atoms with Crippen molar-refractivity contribution in [2.75, 3.05) is 39.3 Å². The highest BCUT2D eigenvalue weighted by Crippen LogP contribution is 2.43. The Hall–Kier alpha value is -0.120. The fourth-order valence-corrected chi connectivity index (χ4v) is 5.81. The molecule has 0 aromatic heterocycles. The van der Waals surface area contributed by atoms with Gasteiger partial charge < -0.3 is 9.80 Å². The summed E-state index contributed by atoms with van der Waals surface area (Å²) in [6.45, 7) is 17.7. The van der Waals surface area contributed by atoms with E-state index in [4.69, 9.17) is 0 Å². The first-order valence-electron chi connectivity index (χ1n) is 9.73. The molecule has 3 saturated heterocycles. The van der Waals surface area contributed by atoms with Crippen molar-refractivity contribution in [1.82, 2.24) is 14.7 Å². The fourth-order valence-electron chi connectivity index (χ4n) is 5.81. The van der Waals surface area contributed by atoms with Gasteiger partial charge in [-0.1, -0.05) is 0 Å². The Morgan fingerprint density at radius 2 is 1.00 bits per heavy atom. The van der Waals surface area contributed by atoms with Crippen molar-refractivity contribution in [1.29, 1.82) is 0 Å². The van der Waals surface area contributed by atoms with Crippen molar-refractivity contribution >= 4 is 0 Å². The molecule has 4 aliphatic rings. The second-order valence-corrected chi connectivity index (χ2v) is 9.21. The van der Waals surface area contributed by atoms with E-state index in [1.165, 1.54) is 52.1 Å². The van der Waals surface area contributed by atoms with E-state index >= 15 is 0 Å². The third kappa shape index (κ3) is 2.63. The molecule has 0 N–H and O–H groups in total. The smallest absolute Gasteiger partial charge is 0.0102 e. The molecule has 4 fully saturated rings. The summed E-state index contributed by atoms with van der Waals surface area (Å²) < 4.78 is 0. The molecule has 126 valence electrons.